The molecule has 1 aromatic rings. The smallest absolute Gasteiger partial charge is 0.126 e. The molecule has 1 aliphatic carbocycles. The highest BCUT2D eigenvalue weighted by atomic mass is 35.5. The highest BCUT2D eigenvalue weighted by Crippen LogP contribution is 2.23. The van der Waals surface area contributed by atoms with Crippen molar-refractivity contribution in [2.45, 2.75) is 31.7 Å². The third kappa shape index (κ3) is 2.83. The Hall–Kier alpha value is -0.860. The fourth-order valence-corrected chi connectivity index (χ4v) is 2.30. The maximum Gasteiger partial charge on any atom is 0.126 e. The summed E-state index contributed by atoms with van der Waals surface area (Å²) in [5, 5.41) is 0.581. The molecule has 86 valence electrons. The molecule has 0 heterocycles. The molecule has 1 nitrogen and oxygen atoms in total. The maximum absolute atomic E-state index is 13.5. The van der Waals surface area contributed by atoms with Gasteiger partial charge in [-0.05, 0) is 49.4 Å². The van der Waals surface area contributed by atoms with Crippen LogP contribution < -0.4 is 5.73 Å². The summed E-state index contributed by atoms with van der Waals surface area (Å²) in [5.74, 6) is -0.190. The van der Waals surface area contributed by atoms with Crippen molar-refractivity contribution in [2.24, 2.45) is 5.73 Å². The molecule has 3 heteroatoms. The molecule has 0 saturated heterocycles. The van der Waals surface area contributed by atoms with Gasteiger partial charge in [0, 0.05) is 11.1 Å². The van der Waals surface area contributed by atoms with Crippen LogP contribution in [0.5, 0.6) is 0 Å². The number of allylic oxidation sites excluding steroid dienone is 1. The Bertz CT molecular complexity index is 414. The van der Waals surface area contributed by atoms with Gasteiger partial charge < -0.3 is 5.73 Å². The SMILES string of the molecule is NC1C=C(Cc2cc(Cl)ccc2F)CCC1. The van der Waals surface area contributed by atoms with E-state index in [4.69, 9.17) is 17.3 Å². The summed E-state index contributed by atoms with van der Waals surface area (Å²) >= 11 is 5.85. The number of halogens is 2. The largest absolute Gasteiger partial charge is 0.324 e. The molecule has 2 N–H and O–H groups in total. The molecule has 1 atom stereocenters. The average molecular weight is 240 g/mol. The van der Waals surface area contributed by atoms with Crippen LogP contribution >= 0.6 is 11.6 Å². The highest BCUT2D eigenvalue weighted by molar-refractivity contribution is 6.30. The summed E-state index contributed by atoms with van der Waals surface area (Å²) in [6.45, 7) is 0. The van der Waals surface area contributed by atoms with Crippen LogP contribution in [-0.2, 0) is 6.42 Å². The summed E-state index contributed by atoms with van der Waals surface area (Å²) in [6.07, 6.45) is 5.82. The molecule has 1 aromatic carbocycles. The predicted octanol–water partition coefficient (Wildman–Crippen LogP) is 3.46. The Morgan fingerprint density at radius 1 is 1.44 bits per heavy atom. The van der Waals surface area contributed by atoms with Crippen molar-refractivity contribution in [1.82, 2.24) is 0 Å². The first-order valence-electron chi connectivity index (χ1n) is 5.54. The van der Waals surface area contributed by atoms with Crippen molar-refractivity contribution in [1.29, 1.82) is 0 Å². The zero-order chi connectivity index (χ0) is 11.5. The molecule has 0 bridgehead atoms. The standard InChI is InChI=1S/C13H15ClFN/c14-11-4-5-13(15)10(8-11)6-9-2-1-3-12(16)7-9/h4-5,7-8,12H,1-3,6,16H2. The number of rotatable bonds is 2. The number of hydrogen-bond donors (Lipinski definition) is 1. The molecular formula is C13H15ClFN. The van der Waals surface area contributed by atoms with Crippen LogP contribution in [0.1, 0.15) is 24.8 Å². The van der Waals surface area contributed by atoms with Crippen molar-refractivity contribution >= 4 is 11.6 Å². The first kappa shape index (κ1) is 11.6. The fraction of sp³-hybridized carbons (Fsp3) is 0.385. The van der Waals surface area contributed by atoms with Crippen LogP contribution in [0.15, 0.2) is 29.8 Å². The number of nitrogens with two attached hydrogens (primary N) is 1. The summed E-state index contributed by atoms with van der Waals surface area (Å²) < 4.78 is 13.5. The van der Waals surface area contributed by atoms with Crippen molar-refractivity contribution in [3.63, 3.8) is 0 Å². The van der Waals surface area contributed by atoms with E-state index in [0.717, 1.165) is 19.3 Å². The Balaban J connectivity index is 2.17. The Morgan fingerprint density at radius 3 is 3.00 bits per heavy atom. The zero-order valence-corrected chi connectivity index (χ0v) is 9.80. The third-order valence-corrected chi connectivity index (χ3v) is 3.15. The lowest BCUT2D eigenvalue weighted by atomic mass is 9.92. The topological polar surface area (TPSA) is 26.0 Å². The van der Waals surface area contributed by atoms with E-state index in [9.17, 15) is 4.39 Å². The fourth-order valence-electron chi connectivity index (χ4n) is 2.10. The molecule has 0 saturated carbocycles. The van der Waals surface area contributed by atoms with E-state index in [0.29, 0.717) is 17.0 Å². The van der Waals surface area contributed by atoms with Crippen LogP contribution in [-0.4, -0.2) is 6.04 Å². The van der Waals surface area contributed by atoms with Crippen LogP contribution in [0, 0.1) is 5.82 Å². The van der Waals surface area contributed by atoms with Gasteiger partial charge in [-0.1, -0.05) is 23.3 Å². The lowest BCUT2D eigenvalue weighted by molar-refractivity contribution is 0.596. The molecule has 0 aliphatic heterocycles. The zero-order valence-electron chi connectivity index (χ0n) is 9.05. The molecule has 1 aliphatic rings. The van der Waals surface area contributed by atoms with E-state index in [2.05, 4.69) is 6.08 Å². The van der Waals surface area contributed by atoms with Gasteiger partial charge in [0.05, 0.1) is 0 Å². The van der Waals surface area contributed by atoms with Gasteiger partial charge in [-0.15, -0.1) is 0 Å². The maximum atomic E-state index is 13.5. The second kappa shape index (κ2) is 4.98. The molecule has 0 radical (unpaired) electrons. The summed E-state index contributed by atoms with van der Waals surface area (Å²) in [4.78, 5) is 0. The summed E-state index contributed by atoms with van der Waals surface area (Å²) in [6, 6.07) is 4.81. The second-order valence-electron chi connectivity index (χ2n) is 4.29. The van der Waals surface area contributed by atoms with Gasteiger partial charge in [0.25, 0.3) is 0 Å². The Morgan fingerprint density at radius 2 is 2.25 bits per heavy atom. The van der Waals surface area contributed by atoms with E-state index in [1.807, 2.05) is 0 Å². The molecule has 0 spiro atoms. The van der Waals surface area contributed by atoms with Crippen molar-refractivity contribution < 1.29 is 4.39 Å². The van der Waals surface area contributed by atoms with Crippen molar-refractivity contribution in [3.05, 3.63) is 46.3 Å². The average Bonchev–Trinajstić information content (AvgIpc) is 2.24. The van der Waals surface area contributed by atoms with Gasteiger partial charge in [0.1, 0.15) is 5.82 Å². The Labute approximate surface area is 100 Å². The van der Waals surface area contributed by atoms with Crippen LogP contribution in [0.4, 0.5) is 4.39 Å². The minimum Gasteiger partial charge on any atom is -0.324 e. The van der Waals surface area contributed by atoms with Crippen LogP contribution in [0.25, 0.3) is 0 Å². The summed E-state index contributed by atoms with van der Waals surface area (Å²) in [7, 11) is 0. The first-order chi connectivity index (χ1) is 7.65. The monoisotopic (exact) mass is 239 g/mol. The highest BCUT2D eigenvalue weighted by Gasteiger charge is 2.12. The van der Waals surface area contributed by atoms with Gasteiger partial charge >= 0.3 is 0 Å². The lowest BCUT2D eigenvalue weighted by Gasteiger charge is -2.18. The molecule has 2 rings (SSSR count). The second-order valence-corrected chi connectivity index (χ2v) is 4.73. The van der Waals surface area contributed by atoms with Crippen LogP contribution in [0.2, 0.25) is 5.02 Å². The van der Waals surface area contributed by atoms with E-state index in [-0.39, 0.29) is 11.9 Å². The van der Waals surface area contributed by atoms with E-state index >= 15 is 0 Å². The van der Waals surface area contributed by atoms with Gasteiger partial charge in [0.2, 0.25) is 0 Å². The minimum atomic E-state index is -0.190. The van der Waals surface area contributed by atoms with E-state index in [1.165, 1.54) is 11.6 Å². The first-order valence-corrected chi connectivity index (χ1v) is 5.92. The van der Waals surface area contributed by atoms with Crippen molar-refractivity contribution in [3.8, 4) is 0 Å². The van der Waals surface area contributed by atoms with Gasteiger partial charge in [-0.3, -0.25) is 0 Å². The molecule has 1 unspecified atom stereocenters. The summed E-state index contributed by atoms with van der Waals surface area (Å²) in [5.41, 5.74) is 7.73. The van der Waals surface area contributed by atoms with E-state index in [1.54, 1.807) is 12.1 Å². The Kier molecular flexibility index (Phi) is 3.62. The molecular weight excluding hydrogens is 225 g/mol. The lowest BCUT2D eigenvalue weighted by Crippen LogP contribution is -2.20. The minimum absolute atomic E-state index is 0.131. The quantitative estimate of drug-likeness (QED) is 0.786. The number of hydrogen-bond acceptors (Lipinski definition) is 1. The normalized spacial score (nSPS) is 20.7. The molecule has 0 aromatic heterocycles. The molecule has 0 amide bonds. The van der Waals surface area contributed by atoms with Crippen LogP contribution in [0.3, 0.4) is 0 Å². The third-order valence-electron chi connectivity index (χ3n) is 2.91. The van der Waals surface area contributed by atoms with E-state index < -0.39 is 0 Å². The predicted molar refractivity (Wildman–Crippen MR) is 65.0 cm³/mol. The molecule has 16 heavy (non-hydrogen) atoms. The molecule has 0 fully saturated rings. The van der Waals surface area contributed by atoms with Gasteiger partial charge in [-0.2, -0.15) is 0 Å². The number of benzene rings is 1. The van der Waals surface area contributed by atoms with Gasteiger partial charge in [0.15, 0.2) is 0 Å². The van der Waals surface area contributed by atoms with Crippen molar-refractivity contribution in [2.75, 3.05) is 0 Å². The van der Waals surface area contributed by atoms with Gasteiger partial charge in [-0.25, -0.2) is 4.39 Å².